The first kappa shape index (κ1) is 17.7. The Balaban J connectivity index is 2.07. The van der Waals surface area contributed by atoms with Gasteiger partial charge in [0.25, 0.3) is 0 Å². The molecule has 23 heavy (non-hydrogen) atoms. The number of hydrogen-bond donors (Lipinski definition) is 2. The number of carbonyl (C=O) groups is 1. The van der Waals surface area contributed by atoms with Crippen molar-refractivity contribution >= 4 is 5.91 Å². The molecule has 2 atom stereocenters. The zero-order valence-electron chi connectivity index (χ0n) is 12.7. The molecule has 1 aromatic carbocycles. The van der Waals surface area contributed by atoms with Crippen LogP contribution in [-0.2, 0) is 4.79 Å². The van der Waals surface area contributed by atoms with Crippen LogP contribution in [0, 0.1) is 0 Å². The van der Waals surface area contributed by atoms with Crippen LogP contribution in [0.5, 0.6) is 0 Å². The van der Waals surface area contributed by atoms with Gasteiger partial charge in [0.2, 0.25) is 0 Å². The van der Waals surface area contributed by atoms with E-state index in [2.05, 4.69) is 0 Å². The van der Waals surface area contributed by atoms with E-state index in [1.165, 1.54) is 0 Å². The molecule has 0 radical (unpaired) electrons. The topological polar surface area (TPSA) is 52.6 Å². The predicted molar refractivity (Wildman–Crippen MR) is 79.7 cm³/mol. The van der Waals surface area contributed by atoms with E-state index in [0.29, 0.717) is 13.0 Å². The van der Waals surface area contributed by atoms with Gasteiger partial charge >= 0.3 is 12.1 Å². The fourth-order valence-corrected chi connectivity index (χ4v) is 3.04. The average molecular weight is 330 g/mol. The summed E-state index contributed by atoms with van der Waals surface area (Å²) in [7, 11) is 0. The lowest BCUT2D eigenvalue weighted by molar-refractivity contribution is -0.173. The average Bonchev–Trinajstić information content (AvgIpc) is 2.54. The molecule has 1 aliphatic heterocycles. The summed E-state index contributed by atoms with van der Waals surface area (Å²) in [4.78, 5) is 13.0. The Morgan fingerprint density at radius 1 is 1.30 bits per heavy atom. The van der Waals surface area contributed by atoms with Crippen molar-refractivity contribution in [1.29, 1.82) is 0 Å². The van der Waals surface area contributed by atoms with Crippen LogP contribution in [0.25, 0.3) is 0 Å². The lowest BCUT2D eigenvalue weighted by atomic mass is 9.96. The zero-order chi connectivity index (χ0) is 16.9. The molecule has 128 valence electrons. The summed E-state index contributed by atoms with van der Waals surface area (Å²) in [5.41, 5.74) is 0.920. The second kappa shape index (κ2) is 7.79. The Morgan fingerprint density at radius 2 is 2.00 bits per heavy atom. The number of nitrogens with one attached hydrogen (secondary N) is 1. The van der Waals surface area contributed by atoms with Gasteiger partial charge in [-0.05, 0) is 24.9 Å². The van der Waals surface area contributed by atoms with Gasteiger partial charge in [0.1, 0.15) is 0 Å². The standard InChI is InChI=1S/C16H21F3N2O2/c17-16(18,19)15(23)20-10-13-8-4-5-9-21(13)14(11-22)12-6-2-1-3-7-12/h1-3,6-7,13-14,22H,4-5,8-11H2,(H,20,23)/t13-,14-/m0/s1. The van der Waals surface area contributed by atoms with Crippen molar-refractivity contribution in [2.75, 3.05) is 19.7 Å². The fraction of sp³-hybridized carbons (Fsp3) is 0.562. The summed E-state index contributed by atoms with van der Waals surface area (Å²) in [5, 5.41) is 11.7. The Kier molecular flexibility index (Phi) is 6.01. The Morgan fingerprint density at radius 3 is 2.61 bits per heavy atom. The van der Waals surface area contributed by atoms with Gasteiger partial charge in [0.05, 0.1) is 12.6 Å². The number of aliphatic hydroxyl groups is 1. The maximum atomic E-state index is 12.3. The van der Waals surface area contributed by atoms with Crippen molar-refractivity contribution in [1.82, 2.24) is 10.2 Å². The van der Waals surface area contributed by atoms with Crippen LogP contribution in [0.15, 0.2) is 30.3 Å². The van der Waals surface area contributed by atoms with Crippen molar-refractivity contribution in [2.24, 2.45) is 0 Å². The van der Waals surface area contributed by atoms with Crippen molar-refractivity contribution in [3.8, 4) is 0 Å². The first-order valence-corrected chi connectivity index (χ1v) is 7.70. The molecule has 1 aliphatic rings. The van der Waals surface area contributed by atoms with Gasteiger partial charge in [-0.15, -0.1) is 0 Å². The maximum Gasteiger partial charge on any atom is 0.471 e. The Bertz CT molecular complexity index is 508. The number of carbonyl (C=O) groups excluding carboxylic acids is 1. The number of alkyl halides is 3. The third-order valence-electron chi connectivity index (χ3n) is 4.19. The normalized spacial score (nSPS) is 21.0. The van der Waals surface area contributed by atoms with Crippen molar-refractivity contribution in [3.05, 3.63) is 35.9 Å². The monoisotopic (exact) mass is 330 g/mol. The minimum atomic E-state index is -4.87. The molecule has 1 amide bonds. The van der Waals surface area contributed by atoms with Gasteiger partial charge in [-0.3, -0.25) is 9.69 Å². The number of hydrogen-bond acceptors (Lipinski definition) is 3. The second-order valence-corrected chi connectivity index (χ2v) is 5.70. The first-order valence-electron chi connectivity index (χ1n) is 7.70. The highest BCUT2D eigenvalue weighted by Crippen LogP contribution is 2.28. The molecule has 1 fully saturated rings. The van der Waals surface area contributed by atoms with Crippen molar-refractivity contribution in [2.45, 2.75) is 37.5 Å². The van der Waals surface area contributed by atoms with Crippen LogP contribution < -0.4 is 5.32 Å². The smallest absolute Gasteiger partial charge is 0.394 e. The van der Waals surface area contributed by atoms with Gasteiger partial charge in [-0.25, -0.2) is 0 Å². The highest BCUT2D eigenvalue weighted by Gasteiger charge is 2.39. The van der Waals surface area contributed by atoms with Gasteiger partial charge in [-0.2, -0.15) is 13.2 Å². The lowest BCUT2D eigenvalue weighted by Gasteiger charge is -2.41. The van der Waals surface area contributed by atoms with Crippen LogP contribution in [0.3, 0.4) is 0 Å². The van der Waals surface area contributed by atoms with E-state index in [9.17, 15) is 23.1 Å². The molecular weight excluding hydrogens is 309 g/mol. The van der Waals surface area contributed by atoms with Crippen LogP contribution in [0.1, 0.15) is 30.9 Å². The number of benzene rings is 1. The third kappa shape index (κ3) is 4.68. The van der Waals surface area contributed by atoms with Crippen molar-refractivity contribution in [3.63, 3.8) is 0 Å². The molecule has 0 saturated carbocycles. The molecule has 0 bridgehead atoms. The molecule has 0 spiro atoms. The van der Waals surface area contributed by atoms with Gasteiger partial charge in [0, 0.05) is 12.6 Å². The number of amides is 1. The van der Waals surface area contributed by atoms with Crippen LogP contribution >= 0.6 is 0 Å². The molecule has 0 aromatic heterocycles. The first-order chi connectivity index (χ1) is 10.9. The van der Waals surface area contributed by atoms with Crippen LogP contribution in [-0.4, -0.2) is 47.8 Å². The van der Waals surface area contributed by atoms with Gasteiger partial charge in [0.15, 0.2) is 0 Å². The minimum absolute atomic E-state index is 0.0678. The quantitative estimate of drug-likeness (QED) is 0.871. The molecule has 2 N–H and O–H groups in total. The largest absolute Gasteiger partial charge is 0.471 e. The summed E-state index contributed by atoms with van der Waals surface area (Å²) in [6, 6.07) is 8.89. The molecule has 2 rings (SSSR count). The van der Waals surface area contributed by atoms with E-state index in [-0.39, 0.29) is 25.2 Å². The summed E-state index contributed by atoms with van der Waals surface area (Å²) >= 11 is 0. The summed E-state index contributed by atoms with van der Waals surface area (Å²) in [6.45, 7) is 0.502. The van der Waals surface area contributed by atoms with E-state index in [0.717, 1.165) is 18.4 Å². The Hall–Kier alpha value is -1.60. The molecular formula is C16H21F3N2O2. The lowest BCUT2D eigenvalue weighted by Crippen LogP contribution is -2.50. The van der Waals surface area contributed by atoms with E-state index in [4.69, 9.17) is 0 Å². The van der Waals surface area contributed by atoms with Crippen LogP contribution in [0.2, 0.25) is 0 Å². The second-order valence-electron chi connectivity index (χ2n) is 5.70. The summed E-state index contributed by atoms with van der Waals surface area (Å²) < 4.78 is 37.0. The maximum absolute atomic E-state index is 12.3. The molecule has 7 heteroatoms. The SMILES string of the molecule is O=C(NC[C@@H]1CCCCN1[C@@H](CO)c1ccccc1)C(F)(F)F. The number of nitrogens with zero attached hydrogens (tertiary/aromatic N) is 1. The molecule has 4 nitrogen and oxygen atoms in total. The molecule has 1 saturated heterocycles. The molecule has 0 aliphatic carbocycles. The predicted octanol–water partition coefficient (Wildman–Crippen LogP) is 2.25. The fourth-order valence-electron chi connectivity index (χ4n) is 3.04. The minimum Gasteiger partial charge on any atom is -0.394 e. The van der Waals surface area contributed by atoms with Gasteiger partial charge in [-0.1, -0.05) is 36.8 Å². The molecule has 1 aromatic rings. The summed E-state index contributed by atoms with van der Waals surface area (Å²) in [6.07, 6.45) is -2.35. The van der Waals surface area contributed by atoms with Gasteiger partial charge < -0.3 is 10.4 Å². The van der Waals surface area contributed by atoms with E-state index < -0.39 is 12.1 Å². The van der Waals surface area contributed by atoms with E-state index in [1.54, 1.807) is 0 Å². The Labute approximate surface area is 133 Å². The highest BCUT2D eigenvalue weighted by molar-refractivity contribution is 5.81. The molecule has 0 unspecified atom stereocenters. The number of aliphatic hydroxyl groups excluding tert-OH is 1. The van der Waals surface area contributed by atoms with E-state index in [1.807, 2.05) is 40.5 Å². The zero-order valence-corrected chi connectivity index (χ0v) is 12.7. The van der Waals surface area contributed by atoms with Crippen molar-refractivity contribution < 1.29 is 23.1 Å². The number of piperidine rings is 1. The number of halogens is 3. The molecule has 1 heterocycles. The van der Waals surface area contributed by atoms with E-state index >= 15 is 0 Å². The summed E-state index contributed by atoms with van der Waals surface area (Å²) in [5.74, 6) is -1.91. The number of likely N-dealkylation sites (tertiary alicyclic amines) is 1. The highest BCUT2D eigenvalue weighted by atomic mass is 19.4. The number of rotatable bonds is 5. The van der Waals surface area contributed by atoms with Crippen LogP contribution in [0.4, 0.5) is 13.2 Å². The third-order valence-corrected chi connectivity index (χ3v) is 4.19.